The van der Waals surface area contributed by atoms with Gasteiger partial charge < -0.3 is 0 Å². The summed E-state index contributed by atoms with van der Waals surface area (Å²) in [5.74, 6) is 1.96. The maximum Gasteiger partial charge on any atom is 0.164 e. The molecule has 0 bridgehead atoms. The van der Waals surface area contributed by atoms with Crippen LogP contribution in [-0.2, 0) is 0 Å². The monoisotopic (exact) mass is 512 g/mol. The van der Waals surface area contributed by atoms with Crippen molar-refractivity contribution in [1.29, 1.82) is 0 Å². The SMILES string of the molecule is c1ccc(-c2nc(-c3ccccc3)nc(-c3ccc(-c4cccc(-c5ccncc5)c4)c4ccccc34)n2)cc1. The Balaban J connectivity index is 1.41. The van der Waals surface area contributed by atoms with Gasteiger partial charge in [-0.05, 0) is 57.3 Å². The van der Waals surface area contributed by atoms with Gasteiger partial charge in [-0.15, -0.1) is 0 Å². The molecule has 2 heterocycles. The molecule has 0 aliphatic carbocycles. The van der Waals surface area contributed by atoms with E-state index >= 15 is 0 Å². The standard InChI is InChI=1S/C36H24N4/c1-3-10-26(11-4-1)34-38-35(27-12-5-2-6-13-27)40-36(39-34)33-19-18-30(31-16-7-8-17-32(31)33)29-15-9-14-28(24-29)25-20-22-37-23-21-25/h1-24H. The van der Waals surface area contributed by atoms with E-state index in [1.165, 1.54) is 0 Å². The number of hydrogen-bond donors (Lipinski definition) is 0. The first-order chi connectivity index (χ1) is 19.8. The summed E-state index contributed by atoms with van der Waals surface area (Å²) in [6, 6.07) is 45.7. The number of hydrogen-bond acceptors (Lipinski definition) is 4. The molecule has 0 radical (unpaired) electrons. The summed E-state index contributed by atoms with van der Waals surface area (Å²) in [4.78, 5) is 19.0. The van der Waals surface area contributed by atoms with E-state index in [0.29, 0.717) is 17.5 Å². The summed E-state index contributed by atoms with van der Waals surface area (Å²) < 4.78 is 0. The lowest BCUT2D eigenvalue weighted by Gasteiger charge is -2.14. The number of pyridine rings is 1. The van der Waals surface area contributed by atoms with Crippen molar-refractivity contribution in [3.63, 3.8) is 0 Å². The number of rotatable bonds is 5. The van der Waals surface area contributed by atoms with Crippen LogP contribution in [0.4, 0.5) is 0 Å². The first-order valence-electron chi connectivity index (χ1n) is 13.2. The third-order valence-corrected chi connectivity index (χ3v) is 7.05. The topological polar surface area (TPSA) is 51.6 Å². The molecule has 4 heteroatoms. The Bertz CT molecular complexity index is 1880. The molecule has 0 saturated heterocycles. The van der Waals surface area contributed by atoms with Crippen molar-refractivity contribution in [2.45, 2.75) is 0 Å². The Morgan fingerprint density at radius 2 is 0.825 bits per heavy atom. The fourth-order valence-electron chi connectivity index (χ4n) is 5.09. The normalized spacial score (nSPS) is 11.0. The minimum absolute atomic E-state index is 0.654. The fraction of sp³-hybridized carbons (Fsp3) is 0. The van der Waals surface area contributed by atoms with Crippen molar-refractivity contribution in [3.8, 4) is 56.4 Å². The molecule has 0 spiro atoms. The average molecular weight is 513 g/mol. The van der Waals surface area contributed by atoms with Gasteiger partial charge >= 0.3 is 0 Å². The minimum atomic E-state index is 0.654. The Kier molecular flexibility index (Phi) is 6.11. The van der Waals surface area contributed by atoms with Crippen LogP contribution in [0.1, 0.15) is 0 Å². The second kappa shape index (κ2) is 10.4. The van der Waals surface area contributed by atoms with Crippen LogP contribution in [0.2, 0.25) is 0 Å². The van der Waals surface area contributed by atoms with E-state index in [-0.39, 0.29) is 0 Å². The number of benzene rings is 5. The first-order valence-corrected chi connectivity index (χ1v) is 13.2. The fourth-order valence-corrected chi connectivity index (χ4v) is 5.09. The predicted molar refractivity (Wildman–Crippen MR) is 162 cm³/mol. The van der Waals surface area contributed by atoms with Crippen molar-refractivity contribution in [3.05, 3.63) is 146 Å². The summed E-state index contributed by atoms with van der Waals surface area (Å²) >= 11 is 0. The zero-order valence-corrected chi connectivity index (χ0v) is 21.6. The van der Waals surface area contributed by atoms with Crippen LogP contribution in [0.3, 0.4) is 0 Å². The summed E-state index contributed by atoms with van der Waals surface area (Å²) in [5, 5.41) is 2.24. The second-order valence-electron chi connectivity index (χ2n) is 9.56. The van der Waals surface area contributed by atoms with Crippen LogP contribution in [0.25, 0.3) is 67.2 Å². The van der Waals surface area contributed by atoms with Crippen LogP contribution in [0.15, 0.2) is 146 Å². The van der Waals surface area contributed by atoms with Gasteiger partial charge in [0.15, 0.2) is 17.5 Å². The van der Waals surface area contributed by atoms with Gasteiger partial charge in [-0.2, -0.15) is 0 Å². The third kappa shape index (κ3) is 4.52. The minimum Gasteiger partial charge on any atom is -0.265 e. The second-order valence-corrected chi connectivity index (χ2v) is 9.56. The lowest BCUT2D eigenvalue weighted by molar-refractivity contribution is 1.08. The van der Waals surface area contributed by atoms with E-state index < -0.39 is 0 Å². The molecule has 0 unspecified atom stereocenters. The van der Waals surface area contributed by atoms with Gasteiger partial charge in [-0.1, -0.05) is 109 Å². The van der Waals surface area contributed by atoms with Crippen LogP contribution in [0, 0.1) is 0 Å². The summed E-state index contributed by atoms with van der Waals surface area (Å²) in [7, 11) is 0. The molecule has 0 amide bonds. The van der Waals surface area contributed by atoms with Gasteiger partial charge in [0, 0.05) is 29.1 Å². The van der Waals surface area contributed by atoms with Crippen LogP contribution in [-0.4, -0.2) is 19.9 Å². The third-order valence-electron chi connectivity index (χ3n) is 7.05. The van der Waals surface area contributed by atoms with E-state index in [4.69, 9.17) is 15.0 Å². The quantitative estimate of drug-likeness (QED) is 0.231. The van der Waals surface area contributed by atoms with Crippen molar-refractivity contribution in [1.82, 2.24) is 19.9 Å². The number of aromatic nitrogens is 4. The molecule has 0 saturated carbocycles. The highest BCUT2D eigenvalue weighted by Gasteiger charge is 2.16. The number of fused-ring (bicyclic) bond motifs is 1. The molecular formula is C36H24N4. The molecule has 4 nitrogen and oxygen atoms in total. The summed E-state index contributed by atoms with van der Waals surface area (Å²) in [6.07, 6.45) is 3.66. The molecule has 2 aromatic heterocycles. The molecule has 0 atom stereocenters. The molecule has 5 aromatic carbocycles. The highest BCUT2D eigenvalue weighted by atomic mass is 15.0. The Hall–Kier alpha value is -5.48. The molecule has 0 aliphatic rings. The molecular weight excluding hydrogens is 488 g/mol. The average Bonchev–Trinajstić information content (AvgIpc) is 3.05. The zero-order chi connectivity index (χ0) is 26.7. The van der Waals surface area contributed by atoms with Crippen molar-refractivity contribution in [2.75, 3.05) is 0 Å². The Morgan fingerprint density at radius 3 is 1.48 bits per heavy atom. The number of nitrogens with zero attached hydrogens (tertiary/aromatic N) is 4. The maximum atomic E-state index is 4.98. The lowest BCUT2D eigenvalue weighted by atomic mass is 9.93. The zero-order valence-electron chi connectivity index (χ0n) is 21.6. The van der Waals surface area contributed by atoms with Crippen LogP contribution >= 0.6 is 0 Å². The van der Waals surface area contributed by atoms with Crippen LogP contribution < -0.4 is 0 Å². The van der Waals surface area contributed by atoms with Gasteiger partial charge in [-0.25, -0.2) is 15.0 Å². The molecule has 0 N–H and O–H groups in total. The van der Waals surface area contributed by atoms with Crippen molar-refractivity contribution < 1.29 is 0 Å². The molecule has 0 aliphatic heterocycles. The van der Waals surface area contributed by atoms with Gasteiger partial charge in [0.05, 0.1) is 0 Å². The van der Waals surface area contributed by atoms with Crippen molar-refractivity contribution in [2.24, 2.45) is 0 Å². The lowest BCUT2D eigenvalue weighted by Crippen LogP contribution is -2.00. The van der Waals surface area contributed by atoms with Gasteiger partial charge in [-0.3, -0.25) is 4.98 Å². The van der Waals surface area contributed by atoms with Gasteiger partial charge in [0.25, 0.3) is 0 Å². The van der Waals surface area contributed by atoms with Gasteiger partial charge in [0.1, 0.15) is 0 Å². The van der Waals surface area contributed by atoms with E-state index in [0.717, 1.165) is 49.7 Å². The Labute approximate surface area is 232 Å². The molecule has 7 aromatic rings. The van der Waals surface area contributed by atoms with Crippen molar-refractivity contribution >= 4 is 10.8 Å². The predicted octanol–water partition coefficient (Wildman–Crippen LogP) is 8.75. The molecule has 188 valence electrons. The van der Waals surface area contributed by atoms with E-state index in [1.54, 1.807) is 0 Å². The highest BCUT2D eigenvalue weighted by molar-refractivity contribution is 6.04. The van der Waals surface area contributed by atoms with Crippen LogP contribution in [0.5, 0.6) is 0 Å². The maximum absolute atomic E-state index is 4.98. The summed E-state index contributed by atoms with van der Waals surface area (Å²) in [5.41, 5.74) is 7.50. The molecule has 7 rings (SSSR count). The molecule has 40 heavy (non-hydrogen) atoms. The highest BCUT2D eigenvalue weighted by Crippen LogP contribution is 2.36. The van der Waals surface area contributed by atoms with E-state index in [9.17, 15) is 0 Å². The molecule has 0 fully saturated rings. The largest absolute Gasteiger partial charge is 0.265 e. The summed E-state index contributed by atoms with van der Waals surface area (Å²) in [6.45, 7) is 0. The van der Waals surface area contributed by atoms with Gasteiger partial charge in [0.2, 0.25) is 0 Å². The Morgan fingerprint density at radius 1 is 0.325 bits per heavy atom. The first kappa shape index (κ1) is 23.6. The smallest absolute Gasteiger partial charge is 0.164 e. The van der Waals surface area contributed by atoms with E-state index in [1.807, 2.05) is 85.2 Å². The van der Waals surface area contributed by atoms with E-state index in [2.05, 4.69) is 65.6 Å².